The number of hydrogen-bond acceptors (Lipinski definition) is 1. The summed E-state index contributed by atoms with van der Waals surface area (Å²) in [6, 6.07) is 0. The maximum atomic E-state index is 12.5. The maximum Gasteiger partial charge on any atom is 0.241 e. The van der Waals surface area contributed by atoms with Gasteiger partial charge in [0.25, 0.3) is 0 Å². The standard InChI is InChI=1S/C10H17F2N/c11-9(12)8-2-1-3-10(6-8)4-5-13-7-10/h8-9,13H,1-7H2. The van der Waals surface area contributed by atoms with E-state index in [-0.39, 0.29) is 11.3 Å². The Hall–Kier alpha value is -0.180. The molecule has 0 aromatic rings. The predicted molar refractivity (Wildman–Crippen MR) is 47.9 cm³/mol. The third-order valence-electron chi connectivity index (χ3n) is 3.67. The topological polar surface area (TPSA) is 12.0 Å². The average molecular weight is 189 g/mol. The summed E-state index contributed by atoms with van der Waals surface area (Å²) >= 11 is 0. The number of halogens is 2. The zero-order valence-corrected chi connectivity index (χ0v) is 7.86. The second-order valence-electron chi connectivity index (χ2n) is 4.62. The maximum absolute atomic E-state index is 12.5. The fraction of sp³-hybridized carbons (Fsp3) is 1.00. The van der Waals surface area contributed by atoms with Gasteiger partial charge in [-0.3, -0.25) is 0 Å². The van der Waals surface area contributed by atoms with E-state index in [1.165, 1.54) is 0 Å². The molecule has 2 aliphatic rings. The fourth-order valence-corrected chi connectivity index (χ4v) is 2.90. The van der Waals surface area contributed by atoms with Gasteiger partial charge in [-0.25, -0.2) is 8.78 Å². The molecule has 0 bridgehead atoms. The van der Waals surface area contributed by atoms with Crippen molar-refractivity contribution in [2.45, 2.75) is 38.5 Å². The van der Waals surface area contributed by atoms with Crippen molar-refractivity contribution in [2.24, 2.45) is 11.3 Å². The van der Waals surface area contributed by atoms with Gasteiger partial charge in [-0.15, -0.1) is 0 Å². The molecular formula is C10H17F2N. The Labute approximate surface area is 77.9 Å². The molecule has 2 rings (SSSR count). The van der Waals surface area contributed by atoms with Crippen LogP contribution in [0.4, 0.5) is 8.78 Å². The van der Waals surface area contributed by atoms with Gasteiger partial charge in [0.2, 0.25) is 6.43 Å². The summed E-state index contributed by atoms with van der Waals surface area (Å²) in [7, 11) is 0. The molecule has 1 saturated heterocycles. The molecule has 1 heterocycles. The van der Waals surface area contributed by atoms with Crippen molar-refractivity contribution in [1.82, 2.24) is 5.32 Å². The highest BCUT2D eigenvalue weighted by molar-refractivity contribution is 4.92. The molecule has 0 aromatic carbocycles. The summed E-state index contributed by atoms with van der Waals surface area (Å²) < 4.78 is 25.1. The van der Waals surface area contributed by atoms with Crippen LogP contribution in [0.5, 0.6) is 0 Å². The van der Waals surface area contributed by atoms with Gasteiger partial charge in [-0.05, 0) is 37.6 Å². The van der Waals surface area contributed by atoms with Gasteiger partial charge >= 0.3 is 0 Å². The molecule has 1 spiro atoms. The van der Waals surface area contributed by atoms with Crippen LogP contribution in [0.25, 0.3) is 0 Å². The van der Waals surface area contributed by atoms with E-state index in [0.29, 0.717) is 0 Å². The Morgan fingerprint density at radius 3 is 2.77 bits per heavy atom. The molecule has 1 saturated carbocycles. The number of rotatable bonds is 1. The molecule has 0 aromatic heterocycles. The molecule has 2 fully saturated rings. The van der Waals surface area contributed by atoms with Gasteiger partial charge in [0.1, 0.15) is 0 Å². The largest absolute Gasteiger partial charge is 0.316 e. The monoisotopic (exact) mass is 189 g/mol. The minimum Gasteiger partial charge on any atom is -0.316 e. The highest BCUT2D eigenvalue weighted by Gasteiger charge is 2.40. The molecule has 1 nitrogen and oxygen atoms in total. The molecule has 3 heteroatoms. The normalized spacial score (nSPS) is 40.4. The van der Waals surface area contributed by atoms with Crippen molar-refractivity contribution in [3.05, 3.63) is 0 Å². The Morgan fingerprint density at radius 2 is 2.15 bits per heavy atom. The molecule has 0 amide bonds. The van der Waals surface area contributed by atoms with Crippen LogP contribution in [-0.2, 0) is 0 Å². The third-order valence-corrected chi connectivity index (χ3v) is 3.67. The first-order valence-corrected chi connectivity index (χ1v) is 5.21. The Bertz CT molecular complexity index is 176. The molecule has 2 unspecified atom stereocenters. The van der Waals surface area contributed by atoms with Crippen LogP contribution < -0.4 is 5.32 Å². The minimum absolute atomic E-state index is 0.235. The summed E-state index contributed by atoms with van der Waals surface area (Å²) in [5.41, 5.74) is 0.235. The van der Waals surface area contributed by atoms with Gasteiger partial charge in [0.05, 0.1) is 0 Å². The van der Waals surface area contributed by atoms with Gasteiger partial charge in [-0.2, -0.15) is 0 Å². The van der Waals surface area contributed by atoms with Crippen molar-refractivity contribution in [2.75, 3.05) is 13.1 Å². The highest BCUT2D eigenvalue weighted by atomic mass is 19.3. The summed E-state index contributed by atoms with van der Waals surface area (Å²) in [6.07, 6.45) is 2.64. The summed E-state index contributed by atoms with van der Waals surface area (Å²) in [5, 5.41) is 3.30. The van der Waals surface area contributed by atoms with Crippen molar-refractivity contribution < 1.29 is 8.78 Å². The van der Waals surface area contributed by atoms with Crippen LogP contribution in [0.3, 0.4) is 0 Å². The van der Waals surface area contributed by atoms with Crippen LogP contribution in [-0.4, -0.2) is 19.5 Å². The lowest BCUT2D eigenvalue weighted by Crippen LogP contribution is -2.33. The van der Waals surface area contributed by atoms with Gasteiger partial charge < -0.3 is 5.32 Å². The fourth-order valence-electron chi connectivity index (χ4n) is 2.90. The smallest absolute Gasteiger partial charge is 0.241 e. The van der Waals surface area contributed by atoms with E-state index in [0.717, 1.165) is 45.2 Å². The second kappa shape index (κ2) is 3.52. The number of alkyl halides is 2. The van der Waals surface area contributed by atoms with E-state index >= 15 is 0 Å². The summed E-state index contributed by atoms with van der Waals surface area (Å²) in [5.74, 6) is -0.325. The van der Waals surface area contributed by atoms with E-state index in [9.17, 15) is 8.78 Å². The van der Waals surface area contributed by atoms with Crippen LogP contribution in [0.15, 0.2) is 0 Å². The van der Waals surface area contributed by atoms with E-state index in [1.54, 1.807) is 0 Å². The van der Waals surface area contributed by atoms with Crippen LogP contribution >= 0.6 is 0 Å². The van der Waals surface area contributed by atoms with Crippen molar-refractivity contribution in [3.63, 3.8) is 0 Å². The average Bonchev–Trinajstić information content (AvgIpc) is 2.53. The Balaban J connectivity index is 1.98. The highest BCUT2D eigenvalue weighted by Crippen LogP contribution is 2.45. The lowest BCUT2D eigenvalue weighted by molar-refractivity contribution is 0.0179. The number of nitrogens with one attached hydrogen (secondary N) is 1. The van der Waals surface area contributed by atoms with Crippen LogP contribution in [0.2, 0.25) is 0 Å². The molecular weight excluding hydrogens is 172 g/mol. The lowest BCUT2D eigenvalue weighted by atomic mass is 9.69. The van der Waals surface area contributed by atoms with Crippen LogP contribution in [0.1, 0.15) is 32.1 Å². The summed E-state index contributed by atoms with van der Waals surface area (Å²) in [6.45, 7) is 1.99. The van der Waals surface area contributed by atoms with Gasteiger partial charge in [0, 0.05) is 12.5 Å². The molecule has 2 atom stereocenters. The summed E-state index contributed by atoms with van der Waals surface area (Å²) in [4.78, 5) is 0. The zero-order valence-electron chi connectivity index (χ0n) is 7.86. The van der Waals surface area contributed by atoms with Crippen molar-refractivity contribution in [3.8, 4) is 0 Å². The van der Waals surface area contributed by atoms with E-state index in [2.05, 4.69) is 5.32 Å². The van der Waals surface area contributed by atoms with E-state index < -0.39 is 6.43 Å². The quantitative estimate of drug-likeness (QED) is 0.668. The molecule has 1 aliphatic heterocycles. The van der Waals surface area contributed by atoms with E-state index in [1.807, 2.05) is 0 Å². The van der Waals surface area contributed by atoms with Gasteiger partial charge in [-0.1, -0.05) is 6.42 Å². The molecule has 0 radical (unpaired) electrons. The first-order chi connectivity index (χ1) is 6.22. The number of hydrogen-bond donors (Lipinski definition) is 1. The Morgan fingerprint density at radius 1 is 1.31 bits per heavy atom. The van der Waals surface area contributed by atoms with Crippen molar-refractivity contribution in [1.29, 1.82) is 0 Å². The predicted octanol–water partition coefficient (Wildman–Crippen LogP) is 2.42. The van der Waals surface area contributed by atoms with Gasteiger partial charge in [0.15, 0.2) is 0 Å². The zero-order chi connectivity index (χ0) is 9.31. The molecule has 76 valence electrons. The van der Waals surface area contributed by atoms with E-state index in [4.69, 9.17) is 0 Å². The molecule has 13 heavy (non-hydrogen) atoms. The lowest BCUT2D eigenvalue weighted by Gasteiger charge is -2.37. The van der Waals surface area contributed by atoms with Crippen molar-refractivity contribution >= 4 is 0 Å². The molecule has 1 aliphatic carbocycles. The molecule has 1 N–H and O–H groups in total. The second-order valence-corrected chi connectivity index (χ2v) is 4.62. The first-order valence-electron chi connectivity index (χ1n) is 5.21. The van der Waals surface area contributed by atoms with Crippen LogP contribution in [0, 0.1) is 11.3 Å². The first kappa shape index (κ1) is 9.38. The minimum atomic E-state index is -2.10. The SMILES string of the molecule is FC(F)C1CCCC2(CCNC2)C1. The Kier molecular flexibility index (Phi) is 2.54. The third kappa shape index (κ3) is 1.85.